The van der Waals surface area contributed by atoms with Crippen molar-refractivity contribution in [3.05, 3.63) is 29.3 Å². The van der Waals surface area contributed by atoms with Gasteiger partial charge in [0.25, 0.3) is 5.91 Å². The molecule has 0 aliphatic carbocycles. The summed E-state index contributed by atoms with van der Waals surface area (Å²) in [7, 11) is 0. The molecule has 178 valence electrons. The Morgan fingerprint density at radius 1 is 1.03 bits per heavy atom. The van der Waals surface area contributed by atoms with E-state index < -0.39 is 0 Å². The number of carbonyl (C=O) groups excluding carboxylic acids is 2. The number of likely N-dealkylation sites (tertiary alicyclic amines) is 1. The summed E-state index contributed by atoms with van der Waals surface area (Å²) >= 11 is 0. The third-order valence-electron chi connectivity index (χ3n) is 6.99. The van der Waals surface area contributed by atoms with E-state index in [0.29, 0.717) is 18.2 Å². The van der Waals surface area contributed by atoms with Crippen LogP contribution in [0.25, 0.3) is 0 Å². The lowest BCUT2D eigenvalue weighted by Crippen LogP contribution is -2.41. The molecule has 6 nitrogen and oxygen atoms in total. The summed E-state index contributed by atoms with van der Waals surface area (Å²) in [6, 6.07) is 6.26. The van der Waals surface area contributed by atoms with Crippen molar-refractivity contribution in [2.45, 2.75) is 78.3 Å². The molecule has 0 spiro atoms. The van der Waals surface area contributed by atoms with Gasteiger partial charge in [-0.3, -0.25) is 14.5 Å². The van der Waals surface area contributed by atoms with E-state index in [4.69, 9.17) is 0 Å². The molecule has 2 aliphatic rings. The first kappa shape index (κ1) is 24.7. The molecule has 3 rings (SSSR count). The lowest BCUT2D eigenvalue weighted by Gasteiger charge is -2.33. The Kier molecular flexibility index (Phi) is 9.11. The standard InChI is InChI=1S/C26H41N3O3/c1-20(2)27-13-7-5-4-6-8-15-29(21(3)31)25-12-11-23(16-24(25)18-27)26(32)28-14-9-10-22(17-28)19-30/h11-12,16,20,22,30H,4-10,13-15,17-19H2,1-3H3. The van der Waals surface area contributed by atoms with E-state index in [0.717, 1.165) is 63.1 Å². The Morgan fingerprint density at radius 3 is 2.44 bits per heavy atom. The lowest BCUT2D eigenvalue weighted by molar-refractivity contribution is -0.116. The zero-order valence-electron chi connectivity index (χ0n) is 20.2. The van der Waals surface area contributed by atoms with E-state index >= 15 is 0 Å². The van der Waals surface area contributed by atoms with E-state index in [1.807, 2.05) is 28.0 Å². The number of anilines is 1. The molecule has 1 fully saturated rings. The minimum atomic E-state index is 0.0301. The highest BCUT2D eigenvalue weighted by Gasteiger charge is 2.26. The number of rotatable bonds is 3. The van der Waals surface area contributed by atoms with Crippen molar-refractivity contribution in [1.29, 1.82) is 0 Å². The Balaban J connectivity index is 1.94. The number of aliphatic hydroxyl groups excluding tert-OH is 1. The number of benzene rings is 1. The largest absolute Gasteiger partial charge is 0.396 e. The molecule has 1 unspecified atom stereocenters. The van der Waals surface area contributed by atoms with Crippen molar-refractivity contribution < 1.29 is 14.7 Å². The molecular weight excluding hydrogens is 402 g/mol. The zero-order chi connectivity index (χ0) is 23.1. The van der Waals surface area contributed by atoms with E-state index in [2.05, 4.69) is 18.7 Å². The fraction of sp³-hybridized carbons (Fsp3) is 0.692. The molecule has 0 bridgehead atoms. The second-order valence-corrected chi connectivity index (χ2v) is 9.79. The Labute approximate surface area is 193 Å². The van der Waals surface area contributed by atoms with Crippen LogP contribution in [0.2, 0.25) is 0 Å². The monoisotopic (exact) mass is 443 g/mol. The predicted molar refractivity (Wildman–Crippen MR) is 129 cm³/mol. The molecule has 1 N–H and O–H groups in total. The van der Waals surface area contributed by atoms with Crippen LogP contribution in [0.5, 0.6) is 0 Å². The summed E-state index contributed by atoms with van der Waals surface area (Å²) in [6.07, 6.45) is 7.65. The van der Waals surface area contributed by atoms with Crippen molar-refractivity contribution >= 4 is 17.5 Å². The number of nitrogens with zero attached hydrogens (tertiary/aromatic N) is 3. The van der Waals surface area contributed by atoms with Gasteiger partial charge in [-0.1, -0.05) is 19.3 Å². The molecule has 1 atom stereocenters. The van der Waals surface area contributed by atoms with E-state index in [1.54, 1.807) is 6.92 Å². The third-order valence-corrected chi connectivity index (χ3v) is 6.99. The zero-order valence-corrected chi connectivity index (χ0v) is 20.2. The first-order valence-electron chi connectivity index (χ1n) is 12.5. The average molecular weight is 444 g/mol. The van der Waals surface area contributed by atoms with E-state index in [1.165, 1.54) is 19.3 Å². The molecule has 1 aromatic rings. The van der Waals surface area contributed by atoms with Crippen LogP contribution >= 0.6 is 0 Å². The van der Waals surface area contributed by atoms with Crippen LogP contribution in [0.1, 0.15) is 81.6 Å². The molecule has 0 saturated carbocycles. The van der Waals surface area contributed by atoms with Gasteiger partial charge in [-0.15, -0.1) is 0 Å². The maximum Gasteiger partial charge on any atom is 0.253 e. The summed E-state index contributed by atoms with van der Waals surface area (Å²) in [4.78, 5) is 32.1. The summed E-state index contributed by atoms with van der Waals surface area (Å²) < 4.78 is 0. The first-order valence-corrected chi connectivity index (χ1v) is 12.5. The van der Waals surface area contributed by atoms with Crippen molar-refractivity contribution in [3.63, 3.8) is 0 Å². The molecule has 2 amide bonds. The predicted octanol–water partition coefficient (Wildman–Crippen LogP) is 4.06. The van der Waals surface area contributed by atoms with Gasteiger partial charge >= 0.3 is 0 Å². The van der Waals surface area contributed by atoms with Gasteiger partial charge in [0.05, 0.1) is 0 Å². The third kappa shape index (κ3) is 6.32. The highest BCUT2D eigenvalue weighted by atomic mass is 16.3. The maximum absolute atomic E-state index is 13.3. The second-order valence-electron chi connectivity index (χ2n) is 9.79. The van der Waals surface area contributed by atoms with Crippen LogP contribution < -0.4 is 4.90 Å². The van der Waals surface area contributed by atoms with E-state index in [9.17, 15) is 14.7 Å². The minimum absolute atomic E-state index is 0.0301. The minimum Gasteiger partial charge on any atom is -0.396 e. The average Bonchev–Trinajstić information content (AvgIpc) is 2.78. The summed E-state index contributed by atoms with van der Waals surface area (Å²) in [5.74, 6) is 0.254. The molecule has 6 heteroatoms. The molecule has 2 aliphatic heterocycles. The fourth-order valence-electron chi connectivity index (χ4n) is 4.99. The molecule has 1 saturated heterocycles. The van der Waals surface area contributed by atoms with Gasteiger partial charge in [0.15, 0.2) is 0 Å². The van der Waals surface area contributed by atoms with Gasteiger partial charge in [0.1, 0.15) is 0 Å². The van der Waals surface area contributed by atoms with Gasteiger partial charge in [0, 0.05) is 57.0 Å². The quantitative estimate of drug-likeness (QED) is 0.765. The van der Waals surface area contributed by atoms with Gasteiger partial charge in [-0.2, -0.15) is 0 Å². The number of amides is 2. The van der Waals surface area contributed by atoms with Crippen molar-refractivity contribution in [3.8, 4) is 0 Å². The number of hydrogen-bond donors (Lipinski definition) is 1. The summed E-state index contributed by atoms with van der Waals surface area (Å²) in [6.45, 7) is 10.0. The van der Waals surface area contributed by atoms with Gasteiger partial charge in [0.2, 0.25) is 5.91 Å². The van der Waals surface area contributed by atoms with Crippen LogP contribution in [-0.2, 0) is 11.3 Å². The smallest absolute Gasteiger partial charge is 0.253 e. The second kappa shape index (κ2) is 11.8. The van der Waals surface area contributed by atoms with E-state index in [-0.39, 0.29) is 24.3 Å². The number of piperidine rings is 1. The number of carbonyl (C=O) groups is 2. The van der Waals surface area contributed by atoms with Crippen LogP contribution in [0.3, 0.4) is 0 Å². The lowest BCUT2D eigenvalue weighted by atomic mass is 9.97. The van der Waals surface area contributed by atoms with Crippen molar-refractivity contribution in [1.82, 2.24) is 9.80 Å². The van der Waals surface area contributed by atoms with Crippen LogP contribution in [0.15, 0.2) is 18.2 Å². The molecule has 1 aromatic carbocycles. The first-order chi connectivity index (χ1) is 15.4. The number of aliphatic hydroxyl groups is 1. The fourth-order valence-corrected chi connectivity index (χ4v) is 4.99. The number of fused-ring (bicyclic) bond motifs is 1. The van der Waals surface area contributed by atoms with Crippen molar-refractivity contribution in [2.24, 2.45) is 5.92 Å². The normalized spacial score (nSPS) is 21.6. The highest BCUT2D eigenvalue weighted by Crippen LogP contribution is 2.28. The summed E-state index contributed by atoms with van der Waals surface area (Å²) in [5.41, 5.74) is 2.67. The molecule has 32 heavy (non-hydrogen) atoms. The van der Waals surface area contributed by atoms with Gasteiger partial charge in [-0.05, 0) is 75.8 Å². The van der Waals surface area contributed by atoms with Crippen LogP contribution in [-0.4, -0.2) is 65.5 Å². The van der Waals surface area contributed by atoms with Gasteiger partial charge in [-0.25, -0.2) is 0 Å². The van der Waals surface area contributed by atoms with Gasteiger partial charge < -0.3 is 14.9 Å². The highest BCUT2D eigenvalue weighted by molar-refractivity contribution is 5.97. The summed E-state index contributed by atoms with van der Waals surface area (Å²) in [5, 5.41) is 9.55. The SMILES string of the molecule is CC(=O)N1CCCCCCCN(C(C)C)Cc2cc(C(=O)N3CCCC(CO)C3)ccc21. The molecular formula is C26H41N3O3. The Bertz CT molecular complexity index is 780. The Hall–Kier alpha value is -1.92. The number of hydrogen-bond acceptors (Lipinski definition) is 4. The van der Waals surface area contributed by atoms with Crippen LogP contribution in [0, 0.1) is 5.92 Å². The molecule has 2 heterocycles. The Morgan fingerprint density at radius 2 is 1.75 bits per heavy atom. The van der Waals surface area contributed by atoms with Crippen LogP contribution in [0.4, 0.5) is 5.69 Å². The maximum atomic E-state index is 13.3. The topological polar surface area (TPSA) is 64.1 Å². The van der Waals surface area contributed by atoms with Crippen molar-refractivity contribution in [2.75, 3.05) is 37.7 Å². The molecule has 0 aromatic heterocycles. The molecule has 0 radical (unpaired) electrons.